The maximum atomic E-state index is 13.4. The SMILES string of the molecule is Cc1nccn1[C@@H]1CCCN(C(=O)[C@H]2C[C@@H]2c2cccc(F)c2)C1. The normalized spacial score (nSPS) is 26.4. The highest BCUT2D eigenvalue weighted by molar-refractivity contribution is 5.83. The van der Waals surface area contributed by atoms with E-state index in [-0.39, 0.29) is 23.6 Å². The number of likely N-dealkylation sites (tertiary alicyclic amines) is 1. The molecule has 1 aromatic heterocycles. The number of carbonyl (C=O) groups is 1. The van der Waals surface area contributed by atoms with Crippen LogP contribution in [0.25, 0.3) is 0 Å². The van der Waals surface area contributed by atoms with E-state index in [1.807, 2.05) is 30.3 Å². The molecule has 0 radical (unpaired) electrons. The molecule has 4 nitrogen and oxygen atoms in total. The Hall–Kier alpha value is -2.17. The fourth-order valence-corrected chi connectivity index (χ4v) is 3.96. The average molecular weight is 327 g/mol. The molecule has 5 heteroatoms. The molecule has 2 aliphatic rings. The number of nitrogens with zero attached hydrogens (tertiary/aromatic N) is 3. The number of hydrogen-bond donors (Lipinski definition) is 0. The quantitative estimate of drug-likeness (QED) is 0.867. The minimum absolute atomic E-state index is 0.0226. The van der Waals surface area contributed by atoms with Crippen molar-refractivity contribution in [2.24, 2.45) is 5.92 Å². The second kappa shape index (κ2) is 6.04. The molecule has 24 heavy (non-hydrogen) atoms. The first kappa shape index (κ1) is 15.4. The minimum atomic E-state index is -0.223. The Morgan fingerprint density at radius 1 is 1.38 bits per heavy atom. The van der Waals surface area contributed by atoms with Crippen molar-refractivity contribution in [1.82, 2.24) is 14.5 Å². The van der Waals surface area contributed by atoms with Gasteiger partial charge in [0, 0.05) is 31.4 Å². The summed E-state index contributed by atoms with van der Waals surface area (Å²) in [6.07, 6.45) is 6.76. The van der Waals surface area contributed by atoms with Crippen LogP contribution >= 0.6 is 0 Å². The Morgan fingerprint density at radius 3 is 3.00 bits per heavy atom. The maximum Gasteiger partial charge on any atom is 0.226 e. The molecule has 1 saturated carbocycles. The van der Waals surface area contributed by atoms with E-state index in [0.717, 1.165) is 43.7 Å². The van der Waals surface area contributed by atoms with Crippen LogP contribution in [0.3, 0.4) is 0 Å². The molecular weight excluding hydrogens is 305 g/mol. The molecule has 1 amide bonds. The monoisotopic (exact) mass is 327 g/mol. The molecule has 0 N–H and O–H groups in total. The summed E-state index contributed by atoms with van der Waals surface area (Å²) in [5.41, 5.74) is 0.951. The number of hydrogen-bond acceptors (Lipinski definition) is 2. The summed E-state index contributed by atoms with van der Waals surface area (Å²) in [6, 6.07) is 6.98. The molecule has 0 bridgehead atoms. The second-order valence-corrected chi connectivity index (χ2v) is 6.97. The van der Waals surface area contributed by atoms with Crippen molar-refractivity contribution in [3.63, 3.8) is 0 Å². The van der Waals surface area contributed by atoms with Gasteiger partial charge in [-0.25, -0.2) is 9.37 Å². The second-order valence-electron chi connectivity index (χ2n) is 6.97. The van der Waals surface area contributed by atoms with Crippen LogP contribution in [0.4, 0.5) is 4.39 Å². The predicted octanol–water partition coefficient (Wildman–Crippen LogP) is 3.30. The highest BCUT2D eigenvalue weighted by Crippen LogP contribution is 2.49. The van der Waals surface area contributed by atoms with Gasteiger partial charge in [0.25, 0.3) is 0 Å². The van der Waals surface area contributed by atoms with Gasteiger partial charge >= 0.3 is 0 Å². The molecule has 2 heterocycles. The summed E-state index contributed by atoms with van der Waals surface area (Å²) in [5, 5.41) is 0. The first-order valence-electron chi connectivity index (χ1n) is 8.67. The lowest BCUT2D eigenvalue weighted by Crippen LogP contribution is -2.41. The molecule has 3 atom stereocenters. The number of aromatic nitrogens is 2. The van der Waals surface area contributed by atoms with E-state index in [0.29, 0.717) is 6.04 Å². The zero-order valence-electron chi connectivity index (χ0n) is 13.9. The van der Waals surface area contributed by atoms with Crippen molar-refractivity contribution in [3.05, 3.63) is 53.9 Å². The standard InChI is InChI=1S/C19H22FN3O/c1-13-21-7-9-23(13)16-6-3-8-22(12-16)19(24)18-11-17(18)14-4-2-5-15(20)10-14/h2,4-5,7,9-10,16-18H,3,6,8,11-12H2,1H3/t16-,17-,18+/m1/s1. The molecule has 126 valence electrons. The summed E-state index contributed by atoms with van der Waals surface area (Å²) in [6.45, 7) is 3.58. The number of piperidine rings is 1. The molecule has 1 aliphatic heterocycles. The van der Waals surface area contributed by atoms with Gasteiger partial charge in [0.2, 0.25) is 5.91 Å². The topological polar surface area (TPSA) is 38.1 Å². The summed E-state index contributed by atoms with van der Waals surface area (Å²) in [7, 11) is 0. The van der Waals surface area contributed by atoms with E-state index in [1.54, 1.807) is 12.1 Å². The summed E-state index contributed by atoms with van der Waals surface area (Å²) >= 11 is 0. The number of halogens is 1. The Morgan fingerprint density at radius 2 is 2.25 bits per heavy atom. The van der Waals surface area contributed by atoms with Gasteiger partial charge in [0.15, 0.2) is 0 Å². The van der Waals surface area contributed by atoms with Gasteiger partial charge in [0.1, 0.15) is 11.6 Å². The molecular formula is C19H22FN3O. The fourth-order valence-electron chi connectivity index (χ4n) is 3.96. The van der Waals surface area contributed by atoms with Crippen LogP contribution in [-0.2, 0) is 4.79 Å². The van der Waals surface area contributed by atoms with Crippen molar-refractivity contribution in [2.75, 3.05) is 13.1 Å². The van der Waals surface area contributed by atoms with Crippen molar-refractivity contribution in [1.29, 1.82) is 0 Å². The van der Waals surface area contributed by atoms with Gasteiger partial charge in [0.05, 0.1) is 6.04 Å². The molecule has 0 spiro atoms. The maximum absolute atomic E-state index is 13.4. The first-order valence-corrected chi connectivity index (χ1v) is 8.67. The first-order chi connectivity index (χ1) is 11.6. The Labute approximate surface area is 141 Å². The van der Waals surface area contributed by atoms with E-state index < -0.39 is 0 Å². The highest BCUT2D eigenvalue weighted by atomic mass is 19.1. The van der Waals surface area contributed by atoms with Crippen LogP contribution in [0.15, 0.2) is 36.7 Å². The zero-order chi connectivity index (χ0) is 16.7. The number of aryl methyl sites for hydroxylation is 1. The van der Waals surface area contributed by atoms with Gasteiger partial charge in [-0.2, -0.15) is 0 Å². The van der Waals surface area contributed by atoms with Crippen LogP contribution in [0, 0.1) is 18.7 Å². The molecule has 2 fully saturated rings. The lowest BCUT2D eigenvalue weighted by molar-refractivity contribution is -0.134. The fraction of sp³-hybridized carbons (Fsp3) is 0.474. The molecule has 2 aromatic rings. The predicted molar refractivity (Wildman–Crippen MR) is 89.1 cm³/mol. The van der Waals surface area contributed by atoms with Gasteiger partial charge in [-0.05, 0) is 49.8 Å². The third-order valence-electron chi connectivity index (χ3n) is 5.35. The Kier molecular flexibility index (Phi) is 3.87. The highest BCUT2D eigenvalue weighted by Gasteiger charge is 2.46. The van der Waals surface area contributed by atoms with Gasteiger partial charge in [-0.3, -0.25) is 4.79 Å². The van der Waals surface area contributed by atoms with Crippen LogP contribution in [0.1, 0.15) is 42.6 Å². The number of amides is 1. The third kappa shape index (κ3) is 2.83. The third-order valence-corrected chi connectivity index (χ3v) is 5.35. The van der Waals surface area contributed by atoms with E-state index in [4.69, 9.17) is 0 Å². The molecule has 0 unspecified atom stereocenters. The summed E-state index contributed by atoms with van der Waals surface area (Å²) in [4.78, 5) is 19.1. The summed E-state index contributed by atoms with van der Waals surface area (Å²) in [5.74, 6) is 1.21. The Bertz CT molecular complexity index is 757. The molecule has 1 aliphatic carbocycles. The lowest BCUT2D eigenvalue weighted by Gasteiger charge is -2.34. The number of imidazole rings is 1. The van der Waals surface area contributed by atoms with Crippen molar-refractivity contribution >= 4 is 5.91 Å². The largest absolute Gasteiger partial charge is 0.340 e. The van der Waals surface area contributed by atoms with Crippen molar-refractivity contribution in [2.45, 2.75) is 38.1 Å². The molecule has 1 aromatic carbocycles. The van der Waals surface area contributed by atoms with Gasteiger partial charge in [-0.15, -0.1) is 0 Å². The number of rotatable bonds is 3. The van der Waals surface area contributed by atoms with Gasteiger partial charge in [-0.1, -0.05) is 12.1 Å². The molecule has 1 saturated heterocycles. The number of carbonyl (C=O) groups excluding carboxylic acids is 1. The van der Waals surface area contributed by atoms with E-state index in [2.05, 4.69) is 9.55 Å². The van der Waals surface area contributed by atoms with E-state index in [1.165, 1.54) is 6.07 Å². The average Bonchev–Trinajstić information content (AvgIpc) is 3.28. The zero-order valence-corrected chi connectivity index (χ0v) is 13.9. The smallest absolute Gasteiger partial charge is 0.226 e. The Balaban J connectivity index is 1.43. The van der Waals surface area contributed by atoms with Gasteiger partial charge < -0.3 is 9.47 Å². The van der Waals surface area contributed by atoms with Crippen LogP contribution in [0.5, 0.6) is 0 Å². The lowest BCUT2D eigenvalue weighted by atomic mass is 10.0. The van der Waals surface area contributed by atoms with Crippen LogP contribution in [0.2, 0.25) is 0 Å². The van der Waals surface area contributed by atoms with E-state index in [9.17, 15) is 9.18 Å². The van der Waals surface area contributed by atoms with Crippen molar-refractivity contribution in [3.8, 4) is 0 Å². The van der Waals surface area contributed by atoms with Crippen LogP contribution < -0.4 is 0 Å². The minimum Gasteiger partial charge on any atom is -0.340 e. The van der Waals surface area contributed by atoms with Crippen LogP contribution in [-0.4, -0.2) is 33.4 Å². The summed E-state index contributed by atoms with van der Waals surface area (Å²) < 4.78 is 15.6. The van der Waals surface area contributed by atoms with E-state index >= 15 is 0 Å². The molecule has 4 rings (SSSR count). The van der Waals surface area contributed by atoms with Crippen molar-refractivity contribution < 1.29 is 9.18 Å². The number of benzene rings is 1.